The second-order valence-corrected chi connectivity index (χ2v) is 7.21. The summed E-state index contributed by atoms with van der Waals surface area (Å²) in [6.45, 7) is 1.69. The zero-order valence-electron chi connectivity index (χ0n) is 15.5. The largest absolute Gasteiger partial charge is 0.497 e. The van der Waals surface area contributed by atoms with E-state index in [2.05, 4.69) is 29.2 Å². The molecule has 4 rings (SSSR count). The maximum absolute atomic E-state index is 13.0. The lowest BCUT2D eigenvalue weighted by atomic mass is 9.89. The maximum atomic E-state index is 13.0. The number of likely N-dealkylation sites (tertiary alicyclic amines) is 1. The molecule has 2 amide bonds. The number of rotatable bonds is 4. The van der Waals surface area contributed by atoms with Crippen LogP contribution in [-0.2, 0) is 9.59 Å². The first kappa shape index (κ1) is 17.7. The van der Waals surface area contributed by atoms with Gasteiger partial charge in [0.15, 0.2) is 0 Å². The van der Waals surface area contributed by atoms with Gasteiger partial charge in [0.2, 0.25) is 5.91 Å². The lowest BCUT2D eigenvalue weighted by molar-refractivity contribution is -0.123. The molecule has 0 aliphatic carbocycles. The van der Waals surface area contributed by atoms with Crippen LogP contribution in [0.25, 0.3) is 0 Å². The van der Waals surface area contributed by atoms with Gasteiger partial charge in [-0.15, -0.1) is 0 Å². The Morgan fingerprint density at radius 2 is 1.59 bits per heavy atom. The highest BCUT2D eigenvalue weighted by Gasteiger charge is 2.43. The standard InChI is InChI=1S/C22H24N2O3/c1-27-19-9-7-18(8-10-19)24-21(25)15-20(22(24)26)23-13-11-17(12-14-23)16-5-3-2-4-6-16/h2-10,17,20H,11-15H2,1H3/t20-/m0/s1. The molecular formula is C22H24N2O3. The van der Waals surface area contributed by atoms with E-state index in [-0.39, 0.29) is 24.3 Å². The number of amides is 2. The zero-order chi connectivity index (χ0) is 18.8. The smallest absolute Gasteiger partial charge is 0.251 e. The average Bonchev–Trinajstić information content (AvgIpc) is 3.03. The minimum Gasteiger partial charge on any atom is -0.497 e. The van der Waals surface area contributed by atoms with E-state index >= 15 is 0 Å². The molecule has 140 valence electrons. The third-order valence-corrected chi connectivity index (χ3v) is 5.69. The monoisotopic (exact) mass is 364 g/mol. The van der Waals surface area contributed by atoms with Gasteiger partial charge in [-0.25, -0.2) is 4.90 Å². The number of methoxy groups -OCH3 is 1. The molecule has 1 atom stereocenters. The molecule has 0 unspecified atom stereocenters. The van der Waals surface area contributed by atoms with Crippen molar-refractivity contribution in [3.05, 3.63) is 60.2 Å². The highest BCUT2D eigenvalue weighted by atomic mass is 16.5. The molecule has 0 saturated carbocycles. The first-order valence-corrected chi connectivity index (χ1v) is 9.47. The number of piperidine rings is 1. The predicted octanol–water partition coefficient (Wildman–Crippen LogP) is 3.21. The summed E-state index contributed by atoms with van der Waals surface area (Å²) < 4.78 is 5.15. The molecule has 0 bridgehead atoms. The van der Waals surface area contributed by atoms with E-state index in [0.717, 1.165) is 25.9 Å². The van der Waals surface area contributed by atoms with Crippen molar-refractivity contribution < 1.29 is 14.3 Å². The lowest BCUT2D eigenvalue weighted by Gasteiger charge is -2.35. The number of imide groups is 1. The lowest BCUT2D eigenvalue weighted by Crippen LogP contribution is -2.45. The topological polar surface area (TPSA) is 49.9 Å². The third kappa shape index (κ3) is 3.47. The van der Waals surface area contributed by atoms with Crippen LogP contribution in [0.2, 0.25) is 0 Å². The van der Waals surface area contributed by atoms with E-state index in [4.69, 9.17) is 4.74 Å². The maximum Gasteiger partial charge on any atom is 0.251 e. The first-order valence-electron chi connectivity index (χ1n) is 9.47. The van der Waals surface area contributed by atoms with Gasteiger partial charge in [-0.05, 0) is 61.7 Å². The summed E-state index contributed by atoms with van der Waals surface area (Å²) in [5.74, 6) is 1.01. The summed E-state index contributed by atoms with van der Waals surface area (Å²) in [5.41, 5.74) is 1.98. The van der Waals surface area contributed by atoms with Crippen LogP contribution in [0, 0.1) is 0 Å². The van der Waals surface area contributed by atoms with E-state index in [0.29, 0.717) is 17.4 Å². The SMILES string of the molecule is COc1ccc(N2C(=O)C[C@H](N3CCC(c4ccccc4)CC3)C2=O)cc1. The summed E-state index contributed by atoms with van der Waals surface area (Å²) in [6.07, 6.45) is 2.30. The second-order valence-electron chi connectivity index (χ2n) is 7.21. The Hall–Kier alpha value is -2.66. The molecule has 0 spiro atoms. The minimum atomic E-state index is -0.337. The molecule has 2 saturated heterocycles. The van der Waals surface area contributed by atoms with Gasteiger partial charge in [0.05, 0.1) is 25.3 Å². The molecule has 5 heteroatoms. The number of ether oxygens (including phenoxy) is 1. The van der Waals surface area contributed by atoms with Crippen LogP contribution in [0.4, 0.5) is 5.69 Å². The fourth-order valence-electron chi connectivity index (χ4n) is 4.17. The number of anilines is 1. The van der Waals surface area contributed by atoms with Crippen molar-refractivity contribution in [1.82, 2.24) is 4.90 Å². The van der Waals surface area contributed by atoms with E-state index < -0.39 is 0 Å². The average molecular weight is 364 g/mol. The molecule has 2 aliphatic heterocycles. The molecule has 0 aromatic heterocycles. The van der Waals surface area contributed by atoms with Gasteiger partial charge in [0.1, 0.15) is 5.75 Å². The molecule has 0 radical (unpaired) electrons. The van der Waals surface area contributed by atoms with Crippen molar-refractivity contribution >= 4 is 17.5 Å². The Kier molecular flexibility index (Phi) is 4.94. The van der Waals surface area contributed by atoms with Crippen LogP contribution in [0.1, 0.15) is 30.7 Å². The van der Waals surface area contributed by atoms with Crippen LogP contribution in [0.3, 0.4) is 0 Å². The first-order chi connectivity index (χ1) is 13.2. The van der Waals surface area contributed by atoms with Crippen molar-refractivity contribution in [2.24, 2.45) is 0 Å². The fourth-order valence-corrected chi connectivity index (χ4v) is 4.17. The van der Waals surface area contributed by atoms with E-state index in [1.807, 2.05) is 6.07 Å². The number of nitrogens with zero attached hydrogens (tertiary/aromatic N) is 2. The number of hydrogen-bond donors (Lipinski definition) is 0. The Balaban J connectivity index is 1.43. The third-order valence-electron chi connectivity index (χ3n) is 5.69. The molecule has 2 aliphatic rings. The highest BCUT2D eigenvalue weighted by molar-refractivity contribution is 6.22. The van der Waals surface area contributed by atoms with Crippen molar-refractivity contribution in [3.63, 3.8) is 0 Å². The van der Waals surface area contributed by atoms with E-state index in [1.165, 1.54) is 10.5 Å². The molecule has 27 heavy (non-hydrogen) atoms. The Labute approximate surface area is 159 Å². The molecular weight excluding hydrogens is 340 g/mol. The normalized spacial score (nSPS) is 21.7. The number of carbonyl (C=O) groups is 2. The Morgan fingerprint density at radius 3 is 2.22 bits per heavy atom. The van der Waals surface area contributed by atoms with E-state index in [9.17, 15) is 9.59 Å². The molecule has 2 fully saturated rings. The molecule has 2 aromatic carbocycles. The molecule has 2 heterocycles. The molecule has 0 N–H and O–H groups in total. The summed E-state index contributed by atoms with van der Waals surface area (Å²) in [4.78, 5) is 29.0. The summed E-state index contributed by atoms with van der Waals surface area (Å²) in [5, 5.41) is 0. The van der Waals surface area contributed by atoms with Crippen LogP contribution in [0.5, 0.6) is 5.75 Å². The quantitative estimate of drug-likeness (QED) is 0.782. The molecule has 2 aromatic rings. The van der Waals surface area contributed by atoms with Crippen molar-refractivity contribution in [2.45, 2.75) is 31.2 Å². The van der Waals surface area contributed by atoms with Gasteiger partial charge < -0.3 is 4.74 Å². The van der Waals surface area contributed by atoms with Gasteiger partial charge in [-0.2, -0.15) is 0 Å². The van der Waals surface area contributed by atoms with Gasteiger partial charge in [-0.1, -0.05) is 30.3 Å². The zero-order valence-corrected chi connectivity index (χ0v) is 15.5. The van der Waals surface area contributed by atoms with Gasteiger partial charge in [0, 0.05) is 0 Å². The van der Waals surface area contributed by atoms with Crippen molar-refractivity contribution in [1.29, 1.82) is 0 Å². The van der Waals surface area contributed by atoms with Crippen molar-refractivity contribution in [2.75, 3.05) is 25.1 Å². The minimum absolute atomic E-state index is 0.108. The second kappa shape index (κ2) is 7.53. The molecule has 5 nitrogen and oxygen atoms in total. The van der Waals surface area contributed by atoms with Crippen LogP contribution < -0.4 is 9.64 Å². The number of carbonyl (C=O) groups excluding carboxylic acids is 2. The Bertz CT molecular complexity index is 811. The van der Waals surface area contributed by atoms with Crippen LogP contribution in [-0.4, -0.2) is 43.0 Å². The van der Waals surface area contributed by atoms with E-state index in [1.54, 1.807) is 31.4 Å². The van der Waals surface area contributed by atoms with Gasteiger partial charge in [0.25, 0.3) is 5.91 Å². The van der Waals surface area contributed by atoms with Crippen molar-refractivity contribution in [3.8, 4) is 5.75 Å². The fraction of sp³-hybridized carbons (Fsp3) is 0.364. The number of benzene rings is 2. The van der Waals surface area contributed by atoms with Gasteiger partial charge >= 0.3 is 0 Å². The summed E-state index contributed by atoms with van der Waals surface area (Å²) >= 11 is 0. The van der Waals surface area contributed by atoms with Crippen LogP contribution in [0.15, 0.2) is 54.6 Å². The van der Waals surface area contributed by atoms with Gasteiger partial charge in [-0.3, -0.25) is 14.5 Å². The van der Waals surface area contributed by atoms with Crippen LogP contribution >= 0.6 is 0 Å². The highest BCUT2D eigenvalue weighted by Crippen LogP contribution is 2.32. The summed E-state index contributed by atoms with van der Waals surface area (Å²) in [6, 6.07) is 17.3. The predicted molar refractivity (Wildman–Crippen MR) is 104 cm³/mol. The Morgan fingerprint density at radius 1 is 0.926 bits per heavy atom. The summed E-state index contributed by atoms with van der Waals surface area (Å²) in [7, 11) is 1.59. The number of hydrogen-bond acceptors (Lipinski definition) is 4.